The lowest BCUT2D eigenvalue weighted by atomic mass is 10.2. The van der Waals surface area contributed by atoms with E-state index in [0.717, 1.165) is 18.7 Å². The summed E-state index contributed by atoms with van der Waals surface area (Å²) in [5.41, 5.74) is 1.67. The van der Waals surface area contributed by atoms with E-state index in [1.807, 2.05) is 24.3 Å². The maximum atomic E-state index is 8.64. The first kappa shape index (κ1) is 9.34. The van der Waals surface area contributed by atoms with Gasteiger partial charge in [0.05, 0.1) is 11.6 Å². The number of anilines is 1. The van der Waals surface area contributed by atoms with Crippen molar-refractivity contribution in [3.63, 3.8) is 0 Å². The van der Waals surface area contributed by atoms with Crippen LogP contribution in [0.1, 0.15) is 12.0 Å². The molecule has 0 amide bonds. The largest absolute Gasteiger partial charge is 0.385 e. The third kappa shape index (κ3) is 3.00. The summed E-state index contributed by atoms with van der Waals surface area (Å²) < 4.78 is 0. The Bertz CT molecular complexity index is 323. The first-order valence-corrected chi connectivity index (χ1v) is 4.22. The van der Waals surface area contributed by atoms with Crippen LogP contribution < -0.4 is 5.32 Å². The van der Waals surface area contributed by atoms with Gasteiger partial charge in [-0.1, -0.05) is 12.1 Å². The molecule has 0 bridgehead atoms. The van der Waals surface area contributed by atoms with Crippen molar-refractivity contribution < 1.29 is 0 Å². The van der Waals surface area contributed by atoms with Gasteiger partial charge in [-0.2, -0.15) is 5.26 Å². The molecule has 0 aliphatic rings. The molecule has 0 aliphatic carbocycles. The molecule has 0 unspecified atom stereocenters. The molecule has 1 N–H and O–H groups in total. The molecule has 0 saturated heterocycles. The Morgan fingerprint density at radius 2 is 2.38 bits per heavy atom. The number of nitriles is 1. The fourth-order valence-electron chi connectivity index (χ4n) is 1.02. The van der Waals surface area contributed by atoms with E-state index < -0.39 is 0 Å². The predicted octanol–water partition coefficient (Wildman–Crippen LogP) is 2.55. The minimum absolute atomic E-state index is 0.684. The molecule has 0 spiro atoms. The number of rotatable bonds is 4. The molecule has 0 aliphatic heterocycles. The summed E-state index contributed by atoms with van der Waals surface area (Å²) in [7, 11) is 0. The molecule has 0 saturated carbocycles. The monoisotopic (exact) mass is 172 g/mol. The van der Waals surface area contributed by atoms with Gasteiger partial charge >= 0.3 is 0 Å². The minimum Gasteiger partial charge on any atom is -0.385 e. The zero-order valence-electron chi connectivity index (χ0n) is 7.46. The Hall–Kier alpha value is -1.75. The summed E-state index contributed by atoms with van der Waals surface area (Å²) in [6, 6.07) is 9.54. The third-order valence-corrected chi connectivity index (χ3v) is 1.67. The van der Waals surface area contributed by atoms with Gasteiger partial charge in [0.1, 0.15) is 0 Å². The molecule has 0 atom stereocenters. The second kappa shape index (κ2) is 5.00. The number of benzene rings is 1. The second-order valence-corrected chi connectivity index (χ2v) is 2.70. The zero-order chi connectivity index (χ0) is 9.52. The molecular formula is C11H12N2. The van der Waals surface area contributed by atoms with Crippen LogP contribution in [0.25, 0.3) is 0 Å². The topological polar surface area (TPSA) is 35.8 Å². The number of nitrogens with one attached hydrogen (secondary N) is 1. The maximum absolute atomic E-state index is 8.64. The highest BCUT2D eigenvalue weighted by molar-refractivity contribution is 5.48. The Morgan fingerprint density at radius 1 is 1.54 bits per heavy atom. The lowest BCUT2D eigenvalue weighted by molar-refractivity contribution is 1.07. The second-order valence-electron chi connectivity index (χ2n) is 2.70. The lowest BCUT2D eigenvalue weighted by Gasteiger charge is -2.03. The average Bonchev–Trinajstić information content (AvgIpc) is 2.19. The van der Waals surface area contributed by atoms with Crippen LogP contribution in [0.3, 0.4) is 0 Å². The summed E-state index contributed by atoms with van der Waals surface area (Å²) in [5, 5.41) is 11.8. The van der Waals surface area contributed by atoms with Crippen molar-refractivity contribution in [2.45, 2.75) is 6.42 Å². The zero-order valence-corrected chi connectivity index (χ0v) is 7.46. The fraction of sp³-hybridized carbons (Fsp3) is 0.182. The van der Waals surface area contributed by atoms with E-state index >= 15 is 0 Å². The van der Waals surface area contributed by atoms with Crippen LogP contribution in [0.5, 0.6) is 0 Å². The molecule has 0 fully saturated rings. The molecule has 0 radical (unpaired) electrons. The van der Waals surface area contributed by atoms with E-state index in [9.17, 15) is 0 Å². The molecular weight excluding hydrogens is 160 g/mol. The quantitative estimate of drug-likeness (QED) is 0.559. The van der Waals surface area contributed by atoms with Gasteiger partial charge in [-0.15, -0.1) is 6.58 Å². The summed E-state index contributed by atoms with van der Waals surface area (Å²) in [4.78, 5) is 0. The molecule has 1 aromatic carbocycles. The molecule has 1 aromatic rings. The van der Waals surface area contributed by atoms with E-state index in [0.29, 0.717) is 5.56 Å². The Balaban J connectivity index is 2.57. The van der Waals surface area contributed by atoms with E-state index in [4.69, 9.17) is 5.26 Å². The molecule has 66 valence electrons. The van der Waals surface area contributed by atoms with Crippen LogP contribution in [0.4, 0.5) is 5.69 Å². The van der Waals surface area contributed by atoms with Gasteiger partial charge in [-0.05, 0) is 24.6 Å². The van der Waals surface area contributed by atoms with Crippen molar-refractivity contribution in [3.8, 4) is 6.07 Å². The van der Waals surface area contributed by atoms with E-state index in [2.05, 4.69) is 18.0 Å². The summed E-state index contributed by atoms with van der Waals surface area (Å²) in [5.74, 6) is 0. The van der Waals surface area contributed by atoms with Crippen molar-refractivity contribution in [2.24, 2.45) is 0 Å². The first-order chi connectivity index (χ1) is 6.36. The Morgan fingerprint density at radius 3 is 3.08 bits per heavy atom. The van der Waals surface area contributed by atoms with Gasteiger partial charge in [0.2, 0.25) is 0 Å². The fourth-order valence-corrected chi connectivity index (χ4v) is 1.02. The standard InChI is InChI=1S/C11H12N2/c1-2-3-7-13-11-6-4-5-10(8-11)9-12/h2,4-6,8,13H,1,3,7H2. The highest BCUT2D eigenvalue weighted by atomic mass is 14.9. The van der Waals surface area contributed by atoms with Gasteiger partial charge in [-0.25, -0.2) is 0 Å². The van der Waals surface area contributed by atoms with Gasteiger partial charge in [0.25, 0.3) is 0 Å². The Labute approximate surface area is 78.5 Å². The van der Waals surface area contributed by atoms with Gasteiger partial charge in [0.15, 0.2) is 0 Å². The van der Waals surface area contributed by atoms with Gasteiger partial charge in [0, 0.05) is 12.2 Å². The van der Waals surface area contributed by atoms with Crippen LogP contribution in [-0.2, 0) is 0 Å². The SMILES string of the molecule is C=CCCNc1cccc(C#N)c1. The molecule has 2 heteroatoms. The third-order valence-electron chi connectivity index (χ3n) is 1.67. The lowest BCUT2D eigenvalue weighted by Crippen LogP contribution is -1.99. The summed E-state index contributed by atoms with van der Waals surface area (Å²) in [6.07, 6.45) is 2.79. The summed E-state index contributed by atoms with van der Waals surface area (Å²) in [6.45, 7) is 4.49. The average molecular weight is 172 g/mol. The van der Waals surface area contributed by atoms with E-state index in [1.54, 1.807) is 6.07 Å². The highest BCUT2D eigenvalue weighted by Crippen LogP contribution is 2.09. The van der Waals surface area contributed by atoms with Crippen LogP contribution in [0.15, 0.2) is 36.9 Å². The van der Waals surface area contributed by atoms with Crippen LogP contribution in [-0.4, -0.2) is 6.54 Å². The molecule has 0 heterocycles. The highest BCUT2D eigenvalue weighted by Gasteiger charge is 1.92. The van der Waals surface area contributed by atoms with Crippen molar-refractivity contribution in [1.82, 2.24) is 0 Å². The van der Waals surface area contributed by atoms with Crippen molar-refractivity contribution in [2.75, 3.05) is 11.9 Å². The van der Waals surface area contributed by atoms with Crippen molar-refractivity contribution in [3.05, 3.63) is 42.5 Å². The maximum Gasteiger partial charge on any atom is 0.0992 e. The number of nitrogens with zero attached hydrogens (tertiary/aromatic N) is 1. The molecule has 2 nitrogen and oxygen atoms in total. The minimum atomic E-state index is 0.684. The number of hydrogen-bond donors (Lipinski definition) is 1. The van der Waals surface area contributed by atoms with Crippen LogP contribution in [0.2, 0.25) is 0 Å². The Kier molecular flexibility index (Phi) is 3.59. The van der Waals surface area contributed by atoms with Gasteiger partial charge in [-0.3, -0.25) is 0 Å². The van der Waals surface area contributed by atoms with Crippen LogP contribution in [0, 0.1) is 11.3 Å². The molecule has 13 heavy (non-hydrogen) atoms. The predicted molar refractivity (Wildman–Crippen MR) is 54.5 cm³/mol. The van der Waals surface area contributed by atoms with Gasteiger partial charge < -0.3 is 5.32 Å². The van der Waals surface area contributed by atoms with Crippen molar-refractivity contribution in [1.29, 1.82) is 5.26 Å². The van der Waals surface area contributed by atoms with E-state index in [-0.39, 0.29) is 0 Å². The van der Waals surface area contributed by atoms with Crippen molar-refractivity contribution >= 4 is 5.69 Å². The van der Waals surface area contributed by atoms with Crippen LogP contribution >= 0.6 is 0 Å². The summed E-state index contributed by atoms with van der Waals surface area (Å²) >= 11 is 0. The smallest absolute Gasteiger partial charge is 0.0992 e. The number of hydrogen-bond acceptors (Lipinski definition) is 2. The van der Waals surface area contributed by atoms with E-state index in [1.165, 1.54) is 0 Å². The molecule has 0 aromatic heterocycles. The first-order valence-electron chi connectivity index (χ1n) is 4.22. The molecule has 1 rings (SSSR count). The normalized spacial score (nSPS) is 8.85.